The molecule has 1 fully saturated rings. The largest absolute Gasteiger partial charge is 0.493 e. The number of hydrazine groups is 1. The first kappa shape index (κ1) is 22.3. The fraction of sp³-hybridized carbons (Fsp3) is 0.280. The van der Waals surface area contributed by atoms with Gasteiger partial charge in [0, 0.05) is 24.0 Å². The Bertz CT molecular complexity index is 1170. The summed E-state index contributed by atoms with van der Waals surface area (Å²) in [6.45, 7) is 0.933. The number of methoxy groups -OCH3 is 3. The fourth-order valence-corrected chi connectivity index (χ4v) is 4.15. The Morgan fingerprint density at radius 3 is 2.33 bits per heavy atom. The number of hydrogen-bond donors (Lipinski definition) is 1. The Labute approximate surface area is 192 Å². The lowest BCUT2D eigenvalue weighted by atomic mass is 10.1. The summed E-state index contributed by atoms with van der Waals surface area (Å²) < 4.78 is 16.2. The summed E-state index contributed by atoms with van der Waals surface area (Å²) in [5.41, 5.74) is 1.36. The lowest BCUT2D eigenvalue weighted by Crippen LogP contribution is -2.47. The van der Waals surface area contributed by atoms with Crippen molar-refractivity contribution in [2.75, 3.05) is 39.7 Å². The van der Waals surface area contributed by atoms with E-state index >= 15 is 0 Å². The second-order valence-corrected chi connectivity index (χ2v) is 7.62. The van der Waals surface area contributed by atoms with Crippen molar-refractivity contribution in [3.8, 4) is 17.2 Å². The number of anilines is 1. The Balaban J connectivity index is 1.52. The van der Waals surface area contributed by atoms with Crippen LogP contribution in [0.15, 0.2) is 54.6 Å². The summed E-state index contributed by atoms with van der Waals surface area (Å²) in [6.07, 6.45) is 0.763. The van der Waals surface area contributed by atoms with Crippen molar-refractivity contribution in [3.05, 3.63) is 60.2 Å². The SMILES string of the molecule is COc1ccc(CC(=O)N2CCCN2C(=O)Nc2cccc3ccccc23)c(OC)c1OC. The molecule has 172 valence electrons. The van der Waals surface area contributed by atoms with E-state index in [1.165, 1.54) is 24.2 Å². The molecule has 1 aliphatic rings. The Morgan fingerprint density at radius 1 is 0.848 bits per heavy atom. The molecular weight excluding hydrogens is 422 g/mol. The minimum atomic E-state index is -0.337. The summed E-state index contributed by atoms with van der Waals surface area (Å²) in [7, 11) is 4.58. The number of rotatable bonds is 6. The van der Waals surface area contributed by atoms with Gasteiger partial charge in [0.25, 0.3) is 0 Å². The molecule has 0 bridgehead atoms. The highest BCUT2D eigenvalue weighted by Crippen LogP contribution is 2.40. The average molecular weight is 450 g/mol. The molecule has 1 aliphatic heterocycles. The van der Waals surface area contributed by atoms with E-state index in [0.29, 0.717) is 48.0 Å². The van der Waals surface area contributed by atoms with Crippen LogP contribution in [-0.2, 0) is 11.2 Å². The summed E-state index contributed by atoms with van der Waals surface area (Å²) in [5.74, 6) is 1.18. The molecule has 1 N–H and O–H groups in total. The molecule has 3 amide bonds. The predicted octanol–water partition coefficient (Wildman–Crippen LogP) is 4.09. The number of nitrogens with one attached hydrogen (secondary N) is 1. The topological polar surface area (TPSA) is 80.3 Å². The van der Waals surface area contributed by atoms with Crippen LogP contribution >= 0.6 is 0 Å². The first-order valence-electron chi connectivity index (χ1n) is 10.7. The summed E-state index contributed by atoms with van der Waals surface area (Å²) in [6, 6.07) is 16.8. The zero-order valence-electron chi connectivity index (χ0n) is 19.0. The molecule has 8 heteroatoms. The van der Waals surface area contributed by atoms with Crippen molar-refractivity contribution in [2.45, 2.75) is 12.8 Å². The van der Waals surface area contributed by atoms with Gasteiger partial charge in [-0.3, -0.25) is 4.79 Å². The van der Waals surface area contributed by atoms with Gasteiger partial charge in [-0.1, -0.05) is 42.5 Å². The number of carbonyl (C=O) groups excluding carboxylic acids is 2. The summed E-state index contributed by atoms with van der Waals surface area (Å²) >= 11 is 0. The van der Waals surface area contributed by atoms with E-state index in [9.17, 15) is 9.59 Å². The Hall–Kier alpha value is -3.94. The number of ether oxygens (including phenoxy) is 3. The van der Waals surface area contributed by atoms with Crippen LogP contribution in [0.4, 0.5) is 10.5 Å². The quantitative estimate of drug-likeness (QED) is 0.613. The Kier molecular flexibility index (Phi) is 6.53. The minimum absolute atomic E-state index is 0.0571. The fourth-order valence-electron chi connectivity index (χ4n) is 4.15. The number of carbonyl (C=O) groups is 2. The number of hydrogen-bond acceptors (Lipinski definition) is 5. The zero-order chi connectivity index (χ0) is 23.4. The number of amides is 3. The van der Waals surface area contributed by atoms with Gasteiger partial charge in [0.05, 0.1) is 33.4 Å². The summed E-state index contributed by atoms with van der Waals surface area (Å²) in [5, 5.41) is 7.91. The van der Waals surface area contributed by atoms with E-state index in [-0.39, 0.29) is 18.4 Å². The standard InChI is InChI=1S/C25H27N3O5/c1-31-21-13-12-18(23(32-2)24(21)33-3)16-22(29)27-14-7-15-28(27)25(30)26-20-11-6-9-17-8-4-5-10-19(17)20/h4-6,8-13H,7,14-16H2,1-3H3,(H,26,30). The molecule has 3 aromatic rings. The predicted molar refractivity (Wildman–Crippen MR) is 126 cm³/mol. The number of urea groups is 1. The van der Waals surface area contributed by atoms with Gasteiger partial charge in [-0.05, 0) is 23.9 Å². The van der Waals surface area contributed by atoms with Crippen molar-refractivity contribution in [1.29, 1.82) is 0 Å². The molecule has 0 aliphatic carbocycles. The molecule has 0 spiro atoms. The van der Waals surface area contributed by atoms with Gasteiger partial charge in [-0.2, -0.15) is 0 Å². The van der Waals surface area contributed by atoms with Gasteiger partial charge in [-0.25, -0.2) is 14.8 Å². The van der Waals surface area contributed by atoms with Gasteiger partial charge in [0.2, 0.25) is 11.7 Å². The maximum Gasteiger partial charge on any atom is 0.340 e. The third-order valence-electron chi connectivity index (χ3n) is 5.71. The molecule has 0 aromatic heterocycles. The first-order valence-corrected chi connectivity index (χ1v) is 10.7. The first-order chi connectivity index (χ1) is 16.1. The van der Waals surface area contributed by atoms with E-state index < -0.39 is 0 Å². The number of nitrogens with zero attached hydrogens (tertiary/aromatic N) is 2. The molecule has 3 aromatic carbocycles. The molecule has 8 nitrogen and oxygen atoms in total. The second kappa shape index (κ2) is 9.68. The zero-order valence-corrected chi connectivity index (χ0v) is 19.0. The van der Waals surface area contributed by atoms with E-state index in [2.05, 4.69) is 5.32 Å². The minimum Gasteiger partial charge on any atom is -0.493 e. The van der Waals surface area contributed by atoms with E-state index in [4.69, 9.17) is 14.2 Å². The normalized spacial score (nSPS) is 13.2. The van der Waals surface area contributed by atoms with Crippen LogP contribution in [-0.4, -0.2) is 56.4 Å². The number of fused-ring (bicyclic) bond motifs is 1. The van der Waals surface area contributed by atoms with Gasteiger partial charge < -0.3 is 19.5 Å². The van der Waals surface area contributed by atoms with Gasteiger partial charge in [0.1, 0.15) is 0 Å². The monoisotopic (exact) mass is 449 g/mol. The molecule has 0 saturated carbocycles. The molecule has 4 rings (SSSR count). The van der Waals surface area contributed by atoms with E-state index in [1.807, 2.05) is 42.5 Å². The highest BCUT2D eigenvalue weighted by atomic mass is 16.5. The smallest absolute Gasteiger partial charge is 0.340 e. The number of benzene rings is 3. The van der Waals surface area contributed by atoms with Crippen molar-refractivity contribution in [1.82, 2.24) is 10.0 Å². The molecule has 1 heterocycles. The molecule has 0 radical (unpaired) electrons. The van der Waals surface area contributed by atoms with Crippen molar-refractivity contribution in [2.24, 2.45) is 0 Å². The third kappa shape index (κ3) is 4.37. The lowest BCUT2D eigenvalue weighted by Gasteiger charge is -2.28. The maximum absolute atomic E-state index is 13.2. The van der Waals surface area contributed by atoms with Crippen molar-refractivity contribution in [3.63, 3.8) is 0 Å². The molecule has 1 saturated heterocycles. The molecule has 33 heavy (non-hydrogen) atoms. The lowest BCUT2D eigenvalue weighted by molar-refractivity contribution is -0.139. The Morgan fingerprint density at radius 2 is 1.58 bits per heavy atom. The van der Waals surface area contributed by atoms with Crippen molar-refractivity contribution >= 4 is 28.4 Å². The van der Waals surface area contributed by atoms with Crippen LogP contribution in [0.25, 0.3) is 10.8 Å². The molecule has 0 atom stereocenters. The van der Waals surface area contributed by atoms with Gasteiger partial charge in [-0.15, -0.1) is 0 Å². The average Bonchev–Trinajstić information content (AvgIpc) is 3.34. The van der Waals surface area contributed by atoms with E-state index in [1.54, 1.807) is 19.2 Å². The van der Waals surface area contributed by atoms with Crippen molar-refractivity contribution < 1.29 is 23.8 Å². The van der Waals surface area contributed by atoms with Crippen LogP contribution in [0.5, 0.6) is 17.2 Å². The maximum atomic E-state index is 13.2. The second-order valence-electron chi connectivity index (χ2n) is 7.62. The van der Waals surface area contributed by atoms with Crippen LogP contribution in [0.1, 0.15) is 12.0 Å². The molecule has 0 unspecified atom stereocenters. The highest BCUT2D eigenvalue weighted by molar-refractivity contribution is 6.02. The van der Waals surface area contributed by atoms with Crippen LogP contribution in [0, 0.1) is 0 Å². The highest BCUT2D eigenvalue weighted by Gasteiger charge is 2.32. The van der Waals surface area contributed by atoms with Crippen LogP contribution < -0.4 is 19.5 Å². The van der Waals surface area contributed by atoms with E-state index in [0.717, 1.165) is 10.8 Å². The third-order valence-corrected chi connectivity index (χ3v) is 5.71. The van der Waals surface area contributed by atoms with Crippen LogP contribution in [0.3, 0.4) is 0 Å². The van der Waals surface area contributed by atoms with Gasteiger partial charge >= 0.3 is 6.03 Å². The van der Waals surface area contributed by atoms with Gasteiger partial charge in [0.15, 0.2) is 11.5 Å². The van der Waals surface area contributed by atoms with Crippen LogP contribution in [0.2, 0.25) is 0 Å². The molecular formula is C25H27N3O5. The summed E-state index contributed by atoms with van der Waals surface area (Å²) in [4.78, 5) is 26.3.